The summed E-state index contributed by atoms with van der Waals surface area (Å²) in [4.78, 5) is 0. The van der Waals surface area contributed by atoms with Crippen LogP contribution in [0.4, 0.5) is 0 Å². The minimum Gasteiger partial charge on any atom is -0.313 e. The molecule has 1 nitrogen and oxygen atoms in total. The molecule has 1 heteroatoms. The van der Waals surface area contributed by atoms with Gasteiger partial charge in [0.25, 0.3) is 0 Å². The average molecular weight is 324 g/mol. The van der Waals surface area contributed by atoms with E-state index < -0.39 is 0 Å². The van der Waals surface area contributed by atoms with E-state index in [4.69, 9.17) is 0 Å². The van der Waals surface area contributed by atoms with Gasteiger partial charge in [-0.2, -0.15) is 0 Å². The number of unbranched alkanes of at least 4 members (excludes halogenated alkanes) is 4. The maximum absolute atomic E-state index is 3.49. The van der Waals surface area contributed by atoms with Gasteiger partial charge in [-0.15, -0.1) is 0 Å². The van der Waals surface area contributed by atoms with Crippen LogP contribution < -0.4 is 5.32 Å². The lowest BCUT2D eigenvalue weighted by atomic mass is 10.2. The normalized spacial score (nSPS) is 11.7. The Kier molecular flexibility index (Phi) is 34.4. The third-order valence-electron chi connectivity index (χ3n) is 3.11. The highest BCUT2D eigenvalue weighted by Crippen LogP contribution is 2.04. The van der Waals surface area contributed by atoms with Crippen LogP contribution in [0.1, 0.15) is 93.4 Å². The summed E-state index contributed by atoms with van der Waals surface area (Å²) in [7, 11) is 0. The molecule has 0 atom stereocenters. The maximum Gasteiger partial charge on any atom is 0.0202 e. The molecule has 1 N–H and O–H groups in total. The molecular formula is C22H45N. The lowest BCUT2D eigenvalue weighted by Gasteiger charge is -2.04. The molecule has 0 unspecified atom stereocenters. The van der Waals surface area contributed by atoms with E-state index in [1.54, 1.807) is 0 Å². The minimum atomic E-state index is 1.02. The van der Waals surface area contributed by atoms with Gasteiger partial charge in [-0.25, -0.2) is 0 Å². The van der Waals surface area contributed by atoms with Gasteiger partial charge in [-0.3, -0.25) is 0 Å². The fourth-order valence-electron chi connectivity index (χ4n) is 1.66. The van der Waals surface area contributed by atoms with E-state index in [-0.39, 0.29) is 0 Å². The van der Waals surface area contributed by atoms with Gasteiger partial charge < -0.3 is 5.32 Å². The summed E-state index contributed by atoms with van der Waals surface area (Å²) in [6.07, 6.45) is 20.0. The van der Waals surface area contributed by atoms with Crippen molar-refractivity contribution in [2.24, 2.45) is 0 Å². The van der Waals surface area contributed by atoms with E-state index in [2.05, 4.69) is 56.5 Å². The largest absolute Gasteiger partial charge is 0.313 e. The maximum atomic E-state index is 3.49. The van der Waals surface area contributed by atoms with E-state index in [9.17, 15) is 0 Å². The van der Waals surface area contributed by atoms with Gasteiger partial charge in [0, 0.05) is 6.54 Å². The Bertz CT molecular complexity index is 259. The summed E-state index contributed by atoms with van der Waals surface area (Å²) in [5, 5.41) is 3.49. The number of rotatable bonds is 8. The Hall–Kier alpha value is -0.820. The molecule has 0 amide bonds. The van der Waals surface area contributed by atoms with Gasteiger partial charge in [-0.05, 0) is 25.0 Å². The van der Waals surface area contributed by atoms with Crippen molar-refractivity contribution in [3.8, 4) is 0 Å². The zero-order valence-electron chi connectivity index (χ0n) is 17.3. The predicted octanol–water partition coefficient (Wildman–Crippen LogP) is 7.46. The summed E-state index contributed by atoms with van der Waals surface area (Å²) in [5.74, 6) is 0. The smallest absolute Gasteiger partial charge is 0.0202 e. The summed E-state index contributed by atoms with van der Waals surface area (Å²) >= 11 is 0. The molecule has 0 radical (unpaired) electrons. The monoisotopic (exact) mass is 323 g/mol. The Balaban J connectivity index is -0.000000426. The van der Waals surface area contributed by atoms with Crippen molar-refractivity contribution in [1.29, 1.82) is 0 Å². The fourth-order valence-corrected chi connectivity index (χ4v) is 1.66. The fraction of sp³-hybridized carbons (Fsp3) is 0.727. The van der Waals surface area contributed by atoms with Crippen molar-refractivity contribution in [3.05, 3.63) is 36.0 Å². The van der Waals surface area contributed by atoms with Gasteiger partial charge in [0.2, 0.25) is 0 Å². The second-order valence-corrected chi connectivity index (χ2v) is 5.04. The zero-order valence-corrected chi connectivity index (χ0v) is 17.3. The van der Waals surface area contributed by atoms with Crippen LogP contribution in [0.15, 0.2) is 36.0 Å². The second kappa shape index (κ2) is 29.2. The van der Waals surface area contributed by atoms with Gasteiger partial charge >= 0.3 is 0 Å². The Morgan fingerprint density at radius 3 is 2.04 bits per heavy atom. The Labute approximate surface area is 148 Å². The highest BCUT2D eigenvalue weighted by molar-refractivity contribution is 5.27. The molecule has 23 heavy (non-hydrogen) atoms. The first-order valence-electron chi connectivity index (χ1n) is 10.1. The summed E-state index contributed by atoms with van der Waals surface area (Å²) < 4.78 is 0. The number of nitrogens with one attached hydrogen (secondary N) is 1. The van der Waals surface area contributed by atoms with E-state index in [1.165, 1.54) is 44.1 Å². The molecule has 0 spiro atoms. The van der Waals surface area contributed by atoms with Crippen LogP contribution in [-0.4, -0.2) is 13.1 Å². The van der Waals surface area contributed by atoms with Crippen LogP contribution in [0.3, 0.4) is 0 Å². The molecule has 0 aromatic carbocycles. The van der Waals surface area contributed by atoms with Gasteiger partial charge in [0.1, 0.15) is 0 Å². The lowest BCUT2D eigenvalue weighted by molar-refractivity contribution is 0.617. The molecule has 0 bridgehead atoms. The van der Waals surface area contributed by atoms with Crippen LogP contribution in [-0.2, 0) is 0 Å². The van der Waals surface area contributed by atoms with Gasteiger partial charge in [-0.1, -0.05) is 111 Å². The summed E-state index contributed by atoms with van der Waals surface area (Å²) in [6, 6.07) is 0. The van der Waals surface area contributed by atoms with E-state index in [0.717, 1.165) is 19.5 Å². The zero-order chi connectivity index (χ0) is 18.2. The highest BCUT2D eigenvalue weighted by atomic mass is 14.8. The van der Waals surface area contributed by atoms with Crippen molar-refractivity contribution in [2.45, 2.75) is 93.4 Å². The average Bonchev–Trinajstić information content (AvgIpc) is 2.90. The summed E-state index contributed by atoms with van der Waals surface area (Å²) in [6.45, 7) is 16.8. The first-order chi connectivity index (χ1) is 11.3. The topological polar surface area (TPSA) is 12.0 Å². The van der Waals surface area contributed by atoms with Gasteiger partial charge in [0.05, 0.1) is 0 Å². The molecule has 1 rings (SSSR count). The molecule has 0 fully saturated rings. The molecule has 0 heterocycles. The molecule has 0 saturated carbocycles. The second-order valence-electron chi connectivity index (χ2n) is 5.04. The molecule has 0 aromatic rings. The van der Waals surface area contributed by atoms with E-state index >= 15 is 0 Å². The predicted molar refractivity (Wildman–Crippen MR) is 111 cm³/mol. The Morgan fingerprint density at radius 1 is 0.826 bits per heavy atom. The number of hydrogen-bond acceptors (Lipinski definition) is 1. The van der Waals surface area contributed by atoms with E-state index in [1.807, 2.05) is 27.7 Å². The van der Waals surface area contributed by atoms with Crippen molar-refractivity contribution >= 4 is 0 Å². The van der Waals surface area contributed by atoms with Gasteiger partial charge in [0.15, 0.2) is 0 Å². The molecule has 138 valence electrons. The summed E-state index contributed by atoms with van der Waals surface area (Å²) in [5.41, 5.74) is 1.41. The first-order valence-corrected chi connectivity index (χ1v) is 10.1. The molecule has 0 aliphatic heterocycles. The van der Waals surface area contributed by atoms with E-state index in [0.29, 0.717) is 0 Å². The number of hydrogen-bond donors (Lipinski definition) is 1. The van der Waals surface area contributed by atoms with Crippen molar-refractivity contribution < 1.29 is 0 Å². The standard InChI is InChI=1S/C14H23N.C4H10.2C2H6/c1-2-3-4-9-12-15-13-14-10-7-5-6-8-11-14;1-3-4-2;2*1-2/h5-7,10-11,15H,2-4,8-9,12-13H2,1H3;3-4H2,1-2H3;2*1-2H3. The third-order valence-corrected chi connectivity index (χ3v) is 3.11. The Morgan fingerprint density at radius 2 is 1.48 bits per heavy atom. The third kappa shape index (κ3) is 26.4. The molecule has 1 aliphatic rings. The van der Waals surface area contributed by atoms with Crippen molar-refractivity contribution in [2.75, 3.05) is 13.1 Å². The number of allylic oxidation sites excluding steroid dienone is 4. The van der Waals surface area contributed by atoms with Crippen LogP contribution in [0.25, 0.3) is 0 Å². The van der Waals surface area contributed by atoms with Crippen LogP contribution >= 0.6 is 0 Å². The van der Waals surface area contributed by atoms with Crippen LogP contribution in [0.5, 0.6) is 0 Å². The van der Waals surface area contributed by atoms with Crippen LogP contribution in [0.2, 0.25) is 0 Å². The first kappa shape index (κ1) is 27.0. The SMILES string of the molecule is CC.CC.CCCC.CCCCCCNCC1=CCC=CC=C1. The molecule has 1 aliphatic carbocycles. The van der Waals surface area contributed by atoms with Crippen LogP contribution in [0, 0.1) is 0 Å². The lowest BCUT2D eigenvalue weighted by Crippen LogP contribution is -2.17. The minimum absolute atomic E-state index is 1.02. The highest BCUT2D eigenvalue weighted by Gasteiger charge is 1.93. The molecular weight excluding hydrogens is 278 g/mol. The molecule has 0 saturated heterocycles. The van der Waals surface area contributed by atoms with Crippen molar-refractivity contribution in [1.82, 2.24) is 5.32 Å². The molecule has 0 aromatic heterocycles. The quantitative estimate of drug-likeness (QED) is 0.457. The van der Waals surface area contributed by atoms with Crippen molar-refractivity contribution in [3.63, 3.8) is 0 Å².